The first-order chi connectivity index (χ1) is 13.1. The van der Waals surface area contributed by atoms with Crippen LogP contribution in [0.25, 0.3) is 0 Å². The molecule has 0 aliphatic carbocycles. The molecule has 0 bridgehead atoms. The first-order valence-electron chi connectivity index (χ1n) is 8.74. The Labute approximate surface area is 166 Å². The second-order valence-corrected chi connectivity index (χ2v) is 9.02. The molecule has 2 aliphatic rings. The molecule has 3 rings (SSSR count). The van der Waals surface area contributed by atoms with Gasteiger partial charge in [-0.15, -0.1) is 11.8 Å². The summed E-state index contributed by atoms with van der Waals surface area (Å²) in [5.41, 5.74) is 6.61. The largest absolute Gasteiger partial charge is 0.480 e. The highest BCUT2D eigenvalue weighted by atomic mass is 32.2. The lowest BCUT2D eigenvalue weighted by molar-refractivity contribution is -0.155. The molecular weight excluding hydrogens is 384 g/mol. The van der Waals surface area contributed by atoms with Crippen LogP contribution in [-0.4, -0.2) is 62.4 Å². The molecule has 2 aliphatic heterocycles. The maximum atomic E-state index is 12.6. The van der Waals surface area contributed by atoms with Crippen molar-refractivity contribution >= 4 is 35.5 Å². The lowest BCUT2D eigenvalue weighted by Crippen LogP contribution is -2.71. The molecule has 9 nitrogen and oxygen atoms in total. The molecule has 0 saturated carbocycles. The Balaban J connectivity index is 1.68. The van der Waals surface area contributed by atoms with Crippen molar-refractivity contribution in [3.05, 3.63) is 35.9 Å². The molecule has 5 N–H and O–H groups in total. The zero-order chi connectivity index (χ0) is 20.6. The summed E-state index contributed by atoms with van der Waals surface area (Å²) >= 11 is 1.39. The number of rotatable bonds is 6. The van der Waals surface area contributed by atoms with Gasteiger partial charge in [0.1, 0.15) is 30.0 Å². The van der Waals surface area contributed by atoms with Crippen molar-refractivity contribution in [2.24, 2.45) is 5.73 Å². The molecule has 150 valence electrons. The van der Waals surface area contributed by atoms with Gasteiger partial charge >= 0.3 is 5.97 Å². The average molecular weight is 406 g/mol. The van der Waals surface area contributed by atoms with Crippen molar-refractivity contribution in [2.45, 2.75) is 42.1 Å². The van der Waals surface area contributed by atoms with Gasteiger partial charge < -0.3 is 26.4 Å². The van der Waals surface area contributed by atoms with Crippen LogP contribution in [0.5, 0.6) is 0 Å². The lowest BCUT2D eigenvalue weighted by atomic mass is 9.95. The fourth-order valence-electron chi connectivity index (χ4n) is 3.49. The number of carbonyl (C=O) groups is 4. The number of β-lactam (4-membered cyclic amide) rings is 1. The number of carboxylic acid groups (broad SMARTS) is 1. The molecule has 28 heavy (non-hydrogen) atoms. The number of hydrogen-bond acceptors (Lipinski definition) is 6. The summed E-state index contributed by atoms with van der Waals surface area (Å²) in [4.78, 5) is 49.6. The molecular formula is C18H22N4O5S. The van der Waals surface area contributed by atoms with Gasteiger partial charge in [0.05, 0.1) is 0 Å². The number of aliphatic carboxylic acids is 1. The number of amides is 3. The predicted molar refractivity (Wildman–Crippen MR) is 102 cm³/mol. The van der Waals surface area contributed by atoms with Crippen molar-refractivity contribution in [1.82, 2.24) is 15.5 Å². The zero-order valence-corrected chi connectivity index (χ0v) is 16.2. The van der Waals surface area contributed by atoms with Crippen molar-refractivity contribution < 1.29 is 24.3 Å². The Kier molecular flexibility index (Phi) is 5.35. The molecule has 0 aromatic heterocycles. The van der Waals surface area contributed by atoms with Gasteiger partial charge in [-0.1, -0.05) is 30.3 Å². The summed E-state index contributed by atoms with van der Waals surface area (Å²) in [6.45, 7) is 3.10. The highest BCUT2D eigenvalue weighted by molar-refractivity contribution is 8.01. The highest BCUT2D eigenvalue weighted by Gasteiger charge is 2.64. The normalized spacial score (nSPS) is 26.0. The number of nitrogens with one attached hydrogen (secondary N) is 2. The number of carboxylic acids is 1. The van der Waals surface area contributed by atoms with Crippen LogP contribution < -0.4 is 16.4 Å². The first-order valence-corrected chi connectivity index (χ1v) is 9.62. The molecule has 0 unspecified atom stereocenters. The van der Waals surface area contributed by atoms with Crippen molar-refractivity contribution in [3.63, 3.8) is 0 Å². The zero-order valence-electron chi connectivity index (χ0n) is 15.4. The Bertz CT molecular complexity index is 815. The van der Waals surface area contributed by atoms with Gasteiger partial charge in [-0.05, 0) is 19.4 Å². The van der Waals surface area contributed by atoms with E-state index in [2.05, 4.69) is 10.6 Å². The number of nitrogens with zero attached hydrogens (tertiary/aromatic N) is 1. The first kappa shape index (κ1) is 20.2. The molecule has 2 saturated heterocycles. The van der Waals surface area contributed by atoms with Crippen molar-refractivity contribution in [3.8, 4) is 0 Å². The van der Waals surface area contributed by atoms with E-state index in [1.54, 1.807) is 24.3 Å². The van der Waals surface area contributed by atoms with Gasteiger partial charge in [0, 0.05) is 4.75 Å². The second-order valence-electron chi connectivity index (χ2n) is 7.25. The molecule has 2 heterocycles. The molecule has 1 aromatic rings. The van der Waals surface area contributed by atoms with Crippen LogP contribution in [0.4, 0.5) is 0 Å². The maximum Gasteiger partial charge on any atom is 0.322 e. The molecule has 0 spiro atoms. The van der Waals surface area contributed by atoms with Crippen LogP contribution in [0.3, 0.4) is 0 Å². The minimum absolute atomic E-state index is 0.382. The van der Waals surface area contributed by atoms with Gasteiger partial charge in [-0.2, -0.15) is 0 Å². The molecule has 4 atom stereocenters. The Morgan fingerprint density at radius 1 is 1.29 bits per heavy atom. The number of thioether (sulfide) groups is 1. The number of fused-ring (bicyclic) bond motifs is 1. The summed E-state index contributed by atoms with van der Waals surface area (Å²) in [6.07, 6.45) is 0. The second kappa shape index (κ2) is 7.44. The van der Waals surface area contributed by atoms with E-state index in [0.29, 0.717) is 5.56 Å². The van der Waals surface area contributed by atoms with Gasteiger partial charge in [0.2, 0.25) is 17.7 Å². The fourth-order valence-corrected chi connectivity index (χ4v) is 5.12. The molecule has 3 amide bonds. The van der Waals surface area contributed by atoms with Crippen molar-refractivity contribution in [2.75, 3.05) is 6.54 Å². The van der Waals surface area contributed by atoms with E-state index in [1.165, 1.54) is 16.7 Å². The van der Waals surface area contributed by atoms with E-state index in [1.807, 2.05) is 19.9 Å². The minimum Gasteiger partial charge on any atom is -0.480 e. The Morgan fingerprint density at radius 3 is 2.54 bits per heavy atom. The number of carbonyl (C=O) groups excluding carboxylic acids is 3. The number of nitrogens with two attached hydrogens (primary N) is 1. The molecule has 1 aromatic carbocycles. The molecule has 0 radical (unpaired) electrons. The summed E-state index contributed by atoms with van der Waals surface area (Å²) in [6, 6.07) is 6.33. The van der Waals surface area contributed by atoms with E-state index >= 15 is 0 Å². The van der Waals surface area contributed by atoms with Gasteiger partial charge in [-0.3, -0.25) is 19.2 Å². The summed E-state index contributed by atoms with van der Waals surface area (Å²) in [7, 11) is 0. The van der Waals surface area contributed by atoms with E-state index < -0.39 is 52.6 Å². The summed E-state index contributed by atoms with van der Waals surface area (Å²) in [5, 5.41) is 13.3. The smallest absolute Gasteiger partial charge is 0.322 e. The number of hydrogen-bond donors (Lipinski definition) is 4. The molecule has 10 heteroatoms. The minimum atomic E-state index is -1.16. The van der Waals surface area contributed by atoms with Gasteiger partial charge in [0.15, 0.2) is 0 Å². The van der Waals surface area contributed by atoms with Crippen LogP contribution in [-0.2, 0) is 19.2 Å². The monoisotopic (exact) mass is 406 g/mol. The third-order valence-corrected chi connectivity index (χ3v) is 6.41. The van der Waals surface area contributed by atoms with Crippen molar-refractivity contribution in [1.29, 1.82) is 0 Å². The lowest BCUT2D eigenvalue weighted by Gasteiger charge is -2.44. The molecule has 2 fully saturated rings. The van der Waals surface area contributed by atoms with Gasteiger partial charge in [0.25, 0.3) is 0 Å². The highest BCUT2D eigenvalue weighted by Crippen LogP contribution is 2.50. The van der Waals surface area contributed by atoms with Crippen LogP contribution in [0.1, 0.15) is 25.5 Å². The van der Waals surface area contributed by atoms with Crippen LogP contribution in [0, 0.1) is 0 Å². The fraction of sp³-hybridized carbons (Fsp3) is 0.444. The summed E-state index contributed by atoms with van der Waals surface area (Å²) < 4.78 is -0.635. The third kappa shape index (κ3) is 3.57. The average Bonchev–Trinajstić information content (AvgIpc) is 2.92. The Morgan fingerprint density at radius 2 is 1.93 bits per heavy atom. The standard InChI is InChI=1S/C18H22N4O5S/c1-18(2)13(15(26)20-8-10(23)24)22-16(27)12(17(22)28-18)21-14(25)11(19)9-6-4-3-5-7-9/h3-7,11-13,17H,8,19H2,1-2H3,(H,20,26)(H,21,25)(H,23,24)/t11-,12-,13+,17-/m1/s1. The maximum absolute atomic E-state index is 12.6. The van der Waals surface area contributed by atoms with Crippen LogP contribution in [0.15, 0.2) is 30.3 Å². The van der Waals surface area contributed by atoms with E-state index in [-0.39, 0.29) is 5.91 Å². The Hall–Kier alpha value is -2.59. The van der Waals surface area contributed by atoms with Crippen LogP contribution in [0.2, 0.25) is 0 Å². The predicted octanol–water partition coefficient (Wildman–Crippen LogP) is -0.566. The van der Waals surface area contributed by atoms with Gasteiger partial charge in [-0.25, -0.2) is 0 Å². The quantitative estimate of drug-likeness (QED) is 0.464. The summed E-state index contributed by atoms with van der Waals surface area (Å²) in [5.74, 6) is -2.54. The number of benzene rings is 1. The SMILES string of the molecule is CC1(C)S[C@@H]2[C@H](NC(=O)[C@H](N)c3ccccc3)C(=O)N2[C@H]1C(=O)NCC(=O)O. The van der Waals surface area contributed by atoms with E-state index in [9.17, 15) is 19.2 Å². The van der Waals surface area contributed by atoms with E-state index in [4.69, 9.17) is 10.8 Å². The third-order valence-electron chi connectivity index (χ3n) is 4.84. The van der Waals surface area contributed by atoms with Crippen LogP contribution >= 0.6 is 11.8 Å². The van der Waals surface area contributed by atoms with E-state index in [0.717, 1.165) is 0 Å². The topological polar surface area (TPSA) is 142 Å².